The Kier molecular flexibility index (Phi) is 5.54. The number of benzene rings is 3. The number of aromatic carboxylic acids is 1. The largest absolute Gasteiger partial charge is 0.497 e. The molecule has 0 saturated carbocycles. The van der Waals surface area contributed by atoms with Gasteiger partial charge in [0.25, 0.3) is 11.3 Å². The van der Waals surface area contributed by atoms with Gasteiger partial charge in [0.1, 0.15) is 5.75 Å². The van der Waals surface area contributed by atoms with Gasteiger partial charge >= 0.3 is 5.97 Å². The quantitative estimate of drug-likeness (QED) is 0.619. The van der Waals surface area contributed by atoms with E-state index in [0.29, 0.717) is 11.4 Å². The fourth-order valence-corrected chi connectivity index (χ4v) is 3.25. The van der Waals surface area contributed by atoms with E-state index >= 15 is 0 Å². The normalized spacial score (nSPS) is 11.6. The van der Waals surface area contributed by atoms with Crippen molar-refractivity contribution in [2.45, 2.75) is 0 Å². The van der Waals surface area contributed by atoms with Crippen molar-refractivity contribution < 1.29 is 23.4 Å². The van der Waals surface area contributed by atoms with Crippen LogP contribution in [0.25, 0.3) is 11.1 Å². The highest BCUT2D eigenvalue weighted by Gasteiger charge is 2.16. The van der Waals surface area contributed by atoms with Gasteiger partial charge in [0, 0.05) is 0 Å². The summed E-state index contributed by atoms with van der Waals surface area (Å²) in [7, 11) is 1.61. The van der Waals surface area contributed by atoms with Crippen molar-refractivity contribution in [2.24, 2.45) is 0 Å². The summed E-state index contributed by atoms with van der Waals surface area (Å²) in [4.78, 5) is 11.0. The summed E-state index contributed by atoms with van der Waals surface area (Å²) in [5.41, 5.74) is 2.97. The lowest BCUT2D eigenvalue weighted by Gasteiger charge is -2.20. The van der Waals surface area contributed by atoms with Crippen LogP contribution in [0.3, 0.4) is 0 Å². The minimum Gasteiger partial charge on any atom is -0.497 e. The van der Waals surface area contributed by atoms with E-state index in [9.17, 15) is 13.6 Å². The van der Waals surface area contributed by atoms with Crippen molar-refractivity contribution in [2.75, 3.05) is 11.4 Å². The zero-order valence-corrected chi connectivity index (χ0v) is 15.2. The summed E-state index contributed by atoms with van der Waals surface area (Å²) >= 11 is -2.31. The van der Waals surface area contributed by atoms with Gasteiger partial charge in [-0.2, -0.15) is 0 Å². The molecule has 7 heteroatoms. The van der Waals surface area contributed by atoms with Gasteiger partial charge in [0.2, 0.25) is 0 Å². The highest BCUT2D eigenvalue weighted by Crippen LogP contribution is 2.30. The molecule has 0 aliphatic carbocycles. The fraction of sp³-hybridized carbons (Fsp3) is 0.0500. The monoisotopic (exact) mass is 383 g/mol. The van der Waals surface area contributed by atoms with Gasteiger partial charge in [0.05, 0.1) is 24.0 Å². The minimum atomic E-state index is -2.31. The first-order valence-electron chi connectivity index (χ1n) is 7.98. The maximum Gasteiger partial charge on any atom is 0.335 e. The van der Waals surface area contributed by atoms with E-state index < -0.39 is 17.2 Å². The third kappa shape index (κ3) is 4.16. The predicted molar refractivity (Wildman–Crippen MR) is 105 cm³/mol. The number of rotatable bonds is 6. The fourth-order valence-electron chi connectivity index (χ4n) is 2.64. The van der Waals surface area contributed by atoms with Crippen LogP contribution in [0, 0.1) is 0 Å². The van der Waals surface area contributed by atoms with Crippen LogP contribution in [-0.4, -0.2) is 26.9 Å². The Balaban J connectivity index is 1.89. The number of methoxy groups -OCH3 is 1. The number of hydrogen-bond donors (Lipinski definition) is 2. The van der Waals surface area contributed by atoms with Gasteiger partial charge in [-0.25, -0.2) is 13.3 Å². The van der Waals surface area contributed by atoms with Crippen molar-refractivity contribution in [3.8, 4) is 16.9 Å². The summed E-state index contributed by atoms with van der Waals surface area (Å²) in [5.74, 6) is -0.288. The summed E-state index contributed by atoms with van der Waals surface area (Å²) in [5, 5.41) is 8.98. The summed E-state index contributed by atoms with van der Waals surface area (Å²) < 4.78 is 27.9. The second-order valence-corrected chi connectivity index (χ2v) is 6.48. The Morgan fingerprint density at radius 3 is 1.70 bits per heavy atom. The molecule has 3 aromatic carbocycles. The van der Waals surface area contributed by atoms with E-state index in [-0.39, 0.29) is 5.56 Å². The zero-order chi connectivity index (χ0) is 19.4. The van der Waals surface area contributed by atoms with E-state index in [4.69, 9.17) is 9.84 Å². The molecule has 0 aliphatic heterocycles. The maximum absolute atomic E-state index is 11.9. The molecule has 0 fully saturated rings. The second-order valence-electron chi connectivity index (χ2n) is 5.65. The van der Waals surface area contributed by atoms with Crippen molar-refractivity contribution in [3.05, 3.63) is 78.4 Å². The third-order valence-corrected chi connectivity index (χ3v) is 4.76. The molecule has 6 nitrogen and oxygen atoms in total. The van der Waals surface area contributed by atoms with Crippen LogP contribution < -0.4 is 9.04 Å². The van der Waals surface area contributed by atoms with E-state index in [2.05, 4.69) is 0 Å². The van der Waals surface area contributed by atoms with Crippen LogP contribution in [-0.2, 0) is 11.3 Å². The Bertz CT molecular complexity index is 953. The summed E-state index contributed by atoms with van der Waals surface area (Å²) in [6, 6.07) is 20.5. The molecule has 3 rings (SSSR count). The highest BCUT2D eigenvalue weighted by atomic mass is 32.2. The Labute approximate surface area is 159 Å². The van der Waals surface area contributed by atoms with Crippen molar-refractivity contribution in [1.29, 1.82) is 0 Å². The van der Waals surface area contributed by atoms with Gasteiger partial charge in [-0.15, -0.1) is 0 Å². The Hall–Kier alpha value is -3.16. The Morgan fingerprint density at radius 2 is 1.30 bits per heavy atom. The zero-order valence-electron chi connectivity index (χ0n) is 14.4. The lowest BCUT2D eigenvalue weighted by molar-refractivity contribution is 0.0697. The minimum absolute atomic E-state index is 0.109. The topological polar surface area (TPSA) is 87.1 Å². The average Bonchev–Trinajstić information content (AvgIpc) is 2.69. The van der Waals surface area contributed by atoms with Crippen molar-refractivity contribution in [1.82, 2.24) is 0 Å². The van der Waals surface area contributed by atoms with Gasteiger partial charge in [-0.3, -0.25) is 4.55 Å². The van der Waals surface area contributed by atoms with Gasteiger partial charge in [-0.1, -0.05) is 24.3 Å². The summed E-state index contributed by atoms with van der Waals surface area (Å²) in [6.45, 7) is 0. The number of nitrogens with zero attached hydrogens (tertiary/aromatic N) is 1. The molecule has 0 spiro atoms. The first-order valence-corrected chi connectivity index (χ1v) is 9.05. The first kappa shape index (κ1) is 18.6. The molecule has 0 radical (unpaired) electrons. The van der Waals surface area contributed by atoms with Crippen LogP contribution in [0.4, 0.5) is 11.4 Å². The number of carboxylic acids is 1. The van der Waals surface area contributed by atoms with E-state index in [1.165, 1.54) is 28.6 Å². The van der Waals surface area contributed by atoms with Crippen LogP contribution in [0.2, 0.25) is 0 Å². The lowest BCUT2D eigenvalue weighted by atomic mass is 10.1. The molecular weight excluding hydrogens is 366 g/mol. The molecule has 27 heavy (non-hydrogen) atoms. The van der Waals surface area contributed by atoms with Gasteiger partial charge < -0.3 is 9.84 Å². The molecule has 1 unspecified atom stereocenters. The number of hydrogen-bond acceptors (Lipinski definition) is 3. The van der Waals surface area contributed by atoms with Crippen molar-refractivity contribution >= 4 is 28.6 Å². The van der Waals surface area contributed by atoms with Crippen LogP contribution in [0.1, 0.15) is 10.4 Å². The molecule has 138 valence electrons. The molecule has 0 aliphatic rings. The average molecular weight is 383 g/mol. The maximum atomic E-state index is 11.9. The molecule has 3 aromatic rings. The first-order chi connectivity index (χ1) is 13.0. The second kappa shape index (κ2) is 8.03. The molecule has 0 saturated heterocycles. The molecular formula is C20H17NO5S. The standard InChI is InChI=1S/C20H17NO5S/c1-26-19-12-6-15(7-13-19)14-2-8-17(9-3-14)21(27(24)25)18-10-4-16(5-11-18)20(22)23/h2-13H,1H3,(H,22,23)(H,24,25). The van der Waals surface area contributed by atoms with Gasteiger partial charge in [0.15, 0.2) is 0 Å². The van der Waals surface area contributed by atoms with E-state index in [1.54, 1.807) is 19.2 Å². The molecule has 0 aromatic heterocycles. The predicted octanol–water partition coefficient (Wildman–Crippen LogP) is 4.34. The number of anilines is 2. The highest BCUT2D eigenvalue weighted by molar-refractivity contribution is 7.81. The van der Waals surface area contributed by atoms with Gasteiger partial charge in [-0.05, 0) is 59.7 Å². The molecule has 2 N–H and O–H groups in total. The van der Waals surface area contributed by atoms with Crippen molar-refractivity contribution in [3.63, 3.8) is 0 Å². The number of carboxylic acid groups (broad SMARTS) is 1. The smallest absolute Gasteiger partial charge is 0.335 e. The Morgan fingerprint density at radius 1 is 0.852 bits per heavy atom. The number of carbonyl (C=O) groups is 1. The SMILES string of the molecule is COc1ccc(-c2ccc(N(c3ccc(C(=O)O)cc3)S(=O)O)cc2)cc1. The van der Waals surface area contributed by atoms with Crippen LogP contribution >= 0.6 is 0 Å². The van der Waals surface area contributed by atoms with E-state index in [1.807, 2.05) is 36.4 Å². The lowest BCUT2D eigenvalue weighted by Crippen LogP contribution is -2.19. The number of ether oxygens (including phenoxy) is 1. The third-order valence-electron chi connectivity index (χ3n) is 4.03. The summed E-state index contributed by atoms with van der Waals surface area (Å²) in [6.07, 6.45) is 0. The molecule has 0 amide bonds. The van der Waals surface area contributed by atoms with E-state index in [0.717, 1.165) is 16.9 Å². The molecule has 1 atom stereocenters. The van der Waals surface area contributed by atoms with Crippen LogP contribution in [0.5, 0.6) is 5.75 Å². The molecule has 0 heterocycles. The van der Waals surface area contributed by atoms with Crippen LogP contribution in [0.15, 0.2) is 72.8 Å². The molecule has 0 bridgehead atoms.